The number of ether oxygens (including phenoxy) is 1. The van der Waals surface area contributed by atoms with E-state index in [2.05, 4.69) is 46.7 Å². The Balaban J connectivity index is 1.49. The average Bonchev–Trinajstić information content (AvgIpc) is 2.77. The van der Waals surface area contributed by atoms with Crippen LogP contribution in [0.5, 0.6) is 5.75 Å². The molecule has 0 saturated carbocycles. The number of carbonyl (C=O) groups is 1. The molecule has 1 aromatic heterocycles. The molecule has 3 rings (SSSR count). The first-order valence-corrected chi connectivity index (χ1v) is 10.1. The van der Waals surface area contributed by atoms with E-state index < -0.39 is 0 Å². The van der Waals surface area contributed by atoms with Crippen molar-refractivity contribution in [3.8, 4) is 17.0 Å². The van der Waals surface area contributed by atoms with Gasteiger partial charge in [0.15, 0.2) is 0 Å². The third-order valence-corrected chi connectivity index (χ3v) is 5.19. The number of aromatic nitrogens is 2. The molecule has 0 aliphatic rings. The van der Waals surface area contributed by atoms with Gasteiger partial charge in [-0.2, -0.15) is 0 Å². The van der Waals surface area contributed by atoms with E-state index in [9.17, 15) is 4.79 Å². The minimum absolute atomic E-state index is 0.0474. The molecular weight excluding hydrogens is 370 g/mol. The Hall–Kier alpha value is -2.86. The summed E-state index contributed by atoms with van der Waals surface area (Å²) in [5.74, 6) is 1.03. The average molecular weight is 394 g/mol. The Morgan fingerprint density at radius 3 is 2.54 bits per heavy atom. The van der Waals surface area contributed by atoms with Gasteiger partial charge in [0.1, 0.15) is 10.8 Å². The number of benzene rings is 2. The molecule has 6 heteroatoms. The molecule has 1 amide bonds. The van der Waals surface area contributed by atoms with E-state index in [1.165, 1.54) is 17.3 Å². The third kappa shape index (κ3) is 5.57. The predicted octanol–water partition coefficient (Wildman–Crippen LogP) is 4.12. The van der Waals surface area contributed by atoms with Crippen molar-refractivity contribution in [1.82, 2.24) is 15.5 Å². The highest BCUT2D eigenvalue weighted by Gasteiger charge is 2.06. The molecule has 144 valence electrons. The van der Waals surface area contributed by atoms with Crippen molar-refractivity contribution < 1.29 is 9.53 Å². The molecule has 2 aromatic carbocycles. The van der Waals surface area contributed by atoms with Crippen LogP contribution in [0.15, 0.2) is 65.7 Å². The van der Waals surface area contributed by atoms with E-state index in [4.69, 9.17) is 4.74 Å². The van der Waals surface area contributed by atoms with Crippen molar-refractivity contribution in [2.75, 3.05) is 12.9 Å². The fourth-order valence-corrected chi connectivity index (χ4v) is 3.28. The summed E-state index contributed by atoms with van der Waals surface area (Å²) in [6, 6.07) is 19.8. The Morgan fingerprint density at radius 1 is 1.04 bits per heavy atom. The molecule has 0 saturated heterocycles. The number of amides is 1. The van der Waals surface area contributed by atoms with Gasteiger partial charge in [-0.15, -0.1) is 10.2 Å². The molecule has 0 radical (unpaired) electrons. The molecule has 0 atom stereocenters. The highest BCUT2D eigenvalue weighted by molar-refractivity contribution is 7.99. The molecule has 0 spiro atoms. The molecule has 0 fully saturated rings. The summed E-state index contributed by atoms with van der Waals surface area (Å²) in [7, 11) is 1.63. The molecular formula is C22H23N3O2S. The van der Waals surface area contributed by atoms with Gasteiger partial charge in [0, 0.05) is 12.1 Å². The number of rotatable bonds is 8. The monoisotopic (exact) mass is 393 g/mol. The van der Waals surface area contributed by atoms with Crippen molar-refractivity contribution in [2.24, 2.45) is 0 Å². The van der Waals surface area contributed by atoms with Crippen LogP contribution in [0.3, 0.4) is 0 Å². The third-order valence-electron chi connectivity index (χ3n) is 4.27. The van der Waals surface area contributed by atoms with Crippen LogP contribution in [-0.4, -0.2) is 29.0 Å². The zero-order valence-corrected chi connectivity index (χ0v) is 16.8. The highest BCUT2D eigenvalue weighted by Crippen LogP contribution is 2.20. The largest absolute Gasteiger partial charge is 0.497 e. The maximum absolute atomic E-state index is 12.1. The first-order chi connectivity index (χ1) is 13.7. The molecule has 3 aromatic rings. The zero-order valence-electron chi connectivity index (χ0n) is 16.0. The number of hydrogen-bond acceptors (Lipinski definition) is 5. The van der Waals surface area contributed by atoms with Gasteiger partial charge in [-0.25, -0.2) is 0 Å². The Kier molecular flexibility index (Phi) is 7.03. The van der Waals surface area contributed by atoms with Gasteiger partial charge in [-0.1, -0.05) is 55.1 Å². The lowest BCUT2D eigenvalue weighted by Crippen LogP contribution is -2.24. The second-order valence-corrected chi connectivity index (χ2v) is 7.22. The number of aryl methyl sites for hydroxylation is 1. The Morgan fingerprint density at radius 2 is 1.86 bits per heavy atom. The number of thioether (sulfide) groups is 1. The summed E-state index contributed by atoms with van der Waals surface area (Å²) in [4.78, 5) is 12.1. The van der Waals surface area contributed by atoms with Gasteiger partial charge >= 0.3 is 0 Å². The molecule has 28 heavy (non-hydrogen) atoms. The topological polar surface area (TPSA) is 64.1 Å². The summed E-state index contributed by atoms with van der Waals surface area (Å²) in [5.41, 5.74) is 4.16. The van der Waals surface area contributed by atoms with Crippen LogP contribution < -0.4 is 10.1 Å². The summed E-state index contributed by atoms with van der Waals surface area (Å²) in [6.45, 7) is 2.60. The zero-order chi connectivity index (χ0) is 19.8. The predicted molar refractivity (Wildman–Crippen MR) is 112 cm³/mol. The summed E-state index contributed by atoms with van der Waals surface area (Å²) < 4.78 is 5.19. The normalized spacial score (nSPS) is 10.5. The van der Waals surface area contributed by atoms with Crippen molar-refractivity contribution in [2.45, 2.75) is 24.9 Å². The maximum atomic E-state index is 12.1. The quantitative estimate of drug-likeness (QED) is 0.583. The Labute approximate surface area is 169 Å². The van der Waals surface area contributed by atoms with E-state index in [0.717, 1.165) is 34.0 Å². The van der Waals surface area contributed by atoms with E-state index in [0.29, 0.717) is 12.3 Å². The summed E-state index contributed by atoms with van der Waals surface area (Å²) in [5, 5.41) is 12.1. The fraction of sp³-hybridized carbons (Fsp3) is 0.227. The van der Waals surface area contributed by atoms with Crippen LogP contribution >= 0.6 is 11.8 Å². The molecule has 0 aliphatic heterocycles. The van der Waals surface area contributed by atoms with Crippen LogP contribution in [0.2, 0.25) is 0 Å². The van der Waals surface area contributed by atoms with E-state index >= 15 is 0 Å². The minimum Gasteiger partial charge on any atom is -0.497 e. The van der Waals surface area contributed by atoms with Crippen LogP contribution in [-0.2, 0) is 17.8 Å². The molecule has 1 N–H and O–H groups in total. The molecule has 5 nitrogen and oxygen atoms in total. The standard InChI is InChI=1S/C22H23N3O2S/c1-3-16-7-9-18(10-8-16)20-11-12-22(25-24-20)28-15-21(26)23-14-17-5-4-6-19(13-17)27-2/h4-13H,3,14-15H2,1-2H3,(H,23,26). The lowest BCUT2D eigenvalue weighted by atomic mass is 10.1. The van der Waals surface area contributed by atoms with Gasteiger partial charge < -0.3 is 10.1 Å². The molecule has 0 aliphatic carbocycles. The molecule has 0 bridgehead atoms. The number of hydrogen-bond donors (Lipinski definition) is 1. The van der Waals surface area contributed by atoms with Crippen molar-refractivity contribution in [1.29, 1.82) is 0 Å². The van der Waals surface area contributed by atoms with Crippen LogP contribution in [0.4, 0.5) is 0 Å². The second-order valence-electron chi connectivity index (χ2n) is 6.22. The maximum Gasteiger partial charge on any atom is 0.230 e. The number of nitrogens with zero attached hydrogens (tertiary/aromatic N) is 2. The van der Waals surface area contributed by atoms with Crippen LogP contribution in [0, 0.1) is 0 Å². The molecule has 0 unspecified atom stereocenters. The summed E-state index contributed by atoms with van der Waals surface area (Å²) >= 11 is 1.37. The lowest BCUT2D eigenvalue weighted by Gasteiger charge is -2.07. The summed E-state index contributed by atoms with van der Waals surface area (Å²) in [6.07, 6.45) is 1.02. The van der Waals surface area contributed by atoms with Crippen LogP contribution in [0.1, 0.15) is 18.1 Å². The van der Waals surface area contributed by atoms with Gasteiger partial charge in [-0.05, 0) is 41.8 Å². The van der Waals surface area contributed by atoms with E-state index in [-0.39, 0.29) is 5.91 Å². The first kappa shape index (κ1) is 19.9. The van der Waals surface area contributed by atoms with Crippen molar-refractivity contribution in [3.05, 3.63) is 71.8 Å². The number of methoxy groups -OCH3 is 1. The second kappa shape index (κ2) is 9.90. The van der Waals surface area contributed by atoms with Crippen molar-refractivity contribution >= 4 is 17.7 Å². The van der Waals surface area contributed by atoms with E-state index in [1.54, 1.807) is 7.11 Å². The van der Waals surface area contributed by atoms with Gasteiger partial charge in [0.2, 0.25) is 5.91 Å². The van der Waals surface area contributed by atoms with Crippen LogP contribution in [0.25, 0.3) is 11.3 Å². The highest BCUT2D eigenvalue weighted by atomic mass is 32.2. The SMILES string of the molecule is CCc1ccc(-c2ccc(SCC(=O)NCc3cccc(OC)c3)nn2)cc1. The number of nitrogens with one attached hydrogen (secondary N) is 1. The Bertz CT molecular complexity index is 912. The smallest absolute Gasteiger partial charge is 0.230 e. The lowest BCUT2D eigenvalue weighted by molar-refractivity contribution is -0.118. The van der Waals surface area contributed by atoms with E-state index in [1.807, 2.05) is 36.4 Å². The first-order valence-electron chi connectivity index (χ1n) is 9.13. The number of carbonyl (C=O) groups excluding carboxylic acids is 1. The van der Waals surface area contributed by atoms with Gasteiger partial charge in [0.05, 0.1) is 18.6 Å². The fourth-order valence-electron chi connectivity index (χ4n) is 2.64. The molecule has 1 heterocycles. The van der Waals surface area contributed by atoms with Gasteiger partial charge in [0.25, 0.3) is 0 Å². The van der Waals surface area contributed by atoms with Gasteiger partial charge in [-0.3, -0.25) is 4.79 Å². The van der Waals surface area contributed by atoms with Crippen molar-refractivity contribution in [3.63, 3.8) is 0 Å². The minimum atomic E-state index is -0.0474.